The molecule has 1 aliphatic heterocycles. The quantitative estimate of drug-likeness (QED) is 0.795. The van der Waals surface area contributed by atoms with Crippen molar-refractivity contribution in [1.82, 2.24) is 9.97 Å². The van der Waals surface area contributed by atoms with Crippen molar-refractivity contribution in [3.63, 3.8) is 0 Å². The minimum atomic E-state index is -0.392. The summed E-state index contributed by atoms with van der Waals surface area (Å²) < 4.78 is 10.6. The molecule has 0 radical (unpaired) electrons. The first-order chi connectivity index (χ1) is 9.17. The number of carbonyl (C=O) groups is 1. The summed E-state index contributed by atoms with van der Waals surface area (Å²) in [5, 5.41) is 0. The Balaban J connectivity index is 1.57. The Kier molecular flexibility index (Phi) is 3.28. The molecule has 3 N–H and O–H groups in total. The maximum Gasteiger partial charge on any atom is 0.356 e. The van der Waals surface area contributed by atoms with E-state index in [0.29, 0.717) is 18.1 Å². The van der Waals surface area contributed by atoms with Gasteiger partial charge in [0, 0.05) is 6.61 Å². The average molecular weight is 265 g/mol. The summed E-state index contributed by atoms with van der Waals surface area (Å²) in [7, 11) is 0. The Morgan fingerprint density at radius 1 is 1.58 bits per heavy atom. The molecule has 1 atom stereocenters. The molecular formula is C13H19N3O3. The number of imidazole rings is 1. The van der Waals surface area contributed by atoms with Crippen LogP contribution in [0.25, 0.3) is 0 Å². The van der Waals surface area contributed by atoms with Gasteiger partial charge in [-0.05, 0) is 32.1 Å². The number of nitrogens with two attached hydrogens (primary N) is 1. The van der Waals surface area contributed by atoms with Crippen molar-refractivity contribution in [2.24, 2.45) is 5.73 Å². The van der Waals surface area contributed by atoms with Crippen LogP contribution in [0.4, 0.5) is 0 Å². The largest absolute Gasteiger partial charge is 0.458 e. The Hall–Kier alpha value is -1.40. The minimum Gasteiger partial charge on any atom is -0.458 e. The summed E-state index contributed by atoms with van der Waals surface area (Å²) in [5.74, 6) is 0.292. The van der Waals surface area contributed by atoms with Gasteiger partial charge in [-0.1, -0.05) is 0 Å². The molecule has 6 nitrogen and oxygen atoms in total. The highest BCUT2D eigenvalue weighted by Crippen LogP contribution is 2.36. The maximum atomic E-state index is 11.9. The third-order valence-corrected chi connectivity index (χ3v) is 3.94. The highest BCUT2D eigenvalue weighted by atomic mass is 16.6. The summed E-state index contributed by atoms with van der Waals surface area (Å²) in [6.07, 6.45) is 6.45. The van der Waals surface area contributed by atoms with Crippen LogP contribution in [0.3, 0.4) is 0 Å². The van der Waals surface area contributed by atoms with Crippen LogP contribution in [0.2, 0.25) is 0 Å². The van der Waals surface area contributed by atoms with E-state index in [1.54, 1.807) is 0 Å². The summed E-state index contributed by atoms with van der Waals surface area (Å²) in [6.45, 7) is 1.06. The van der Waals surface area contributed by atoms with E-state index in [1.807, 2.05) is 0 Å². The molecular weight excluding hydrogens is 246 g/mol. The SMILES string of the molecule is NC1(c2ncc(C(=O)OCC3CCCO3)[nH]2)CCC1. The monoisotopic (exact) mass is 265 g/mol. The fraction of sp³-hybridized carbons (Fsp3) is 0.692. The molecule has 1 unspecified atom stereocenters. The maximum absolute atomic E-state index is 11.9. The van der Waals surface area contributed by atoms with Crippen molar-refractivity contribution in [2.75, 3.05) is 13.2 Å². The van der Waals surface area contributed by atoms with Crippen LogP contribution in [0.15, 0.2) is 6.20 Å². The van der Waals surface area contributed by atoms with Gasteiger partial charge in [-0.2, -0.15) is 0 Å². The van der Waals surface area contributed by atoms with E-state index < -0.39 is 5.97 Å². The first kappa shape index (κ1) is 12.6. The molecule has 1 saturated heterocycles. The summed E-state index contributed by atoms with van der Waals surface area (Å²) >= 11 is 0. The zero-order valence-electron chi connectivity index (χ0n) is 10.9. The fourth-order valence-corrected chi connectivity index (χ4v) is 2.49. The van der Waals surface area contributed by atoms with Crippen molar-refractivity contribution in [2.45, 2.75) is 43.7 Å². The number of esters is 1. The Morgan fingerprint density at radius 3 is 3.05 bits per heavy atom. The molecule has 3 rings (SSSR count). The first-order valence-corrected chi connectivity index (χ1v) is 6.80. The van der Waals surface area contributed by atoms with Gasteiger partial charge in [0.25, 0.3) is 0 Å². The second-order valence-corrected chi connectivity index (χ2v) is 5.39. The number of aromatic amines is 1. The van der Waals surface area contributed by atoms with Gasteiger partial charge in [-0.3, -0.25) is 0 Å². The van der Waals surface area contributed by atoms with Gasteiger partial charge < -0.3 is 20.2 Å². The van der Waals surface area contributed by atoms with Crippen LogP contribution in [-0.4, -0.2) is 35.3 Å². The number of nitrogens with zero attached hydrogens (tertiary/aromatic N) is 1. The third kappa shape index (κ3) is 2.50. The Bertz CT molecular complexity index is 461. The van der Waals surface area contributed by atoms with Gasteiger partial charge in [0.05, 0.1) is 17.8 Å². The second kappa shape index (κ2) is 4.94. The van der Waals surface area contributed by atoms with Crippen molar-refractivity contribution < 1.29 is 14.3 Å². The van der Waals surface area contributed by atoms with Crippen molar-refractivity contribution in [1.29, 1.82) is 0 Å². The van der Waals surface area contributed by atoms with Crippen LogP contribution in [0, 0.1) is 0 Å². The minimum absolute atomic E-state index is 0.0406. The number of hydrogen-bond acceptors (Lipinski definition) is 5. The molecule has 104 valence electrons. The van der Waals surface area contributed by atoms with Crippen molar-refractivity contribution in [3.8, 4) is 0 Å². The number of rotatable bonds is 4. The lowest BCUT2D eigenvalue weighted by Crippen LogP contribution is -2.44. The van der Waals surface area contributed by atoms with E-state index in [-0.39, 0.29) is 11.6 Å². The highest BCUT2D eigenvalue weighted by Gasteiger charge is 2.37. The number of ether oxygens (including phenoxy) is 2. The standard InChI is InChI=1S/C13H19N3O3/c14-13(4-2-5-13)12-15-7-10(16-12)11(17)19-8-9-3-1-6-18-9/h7,9H,1-6,8,14H2,(H,15,16). The molecule has 1 aromatic heterocycles. The molecule has 1 aliphatic carbocycles. The van der Waals surface area contributed by atoms with Crippen LogP contribution in [0.1, 0.15) is 48.4 Å². The number of H-pyrrole nitrogens is 1. The molecule has 0 amide bonds. The van der Waals surface area contributed by atoms with E-state index in [4.69, 9.17) is 15.2 Å². The number of hydrogen-bond donors (Lipinski definition) is 2. The van der Waals surface area contributed by atoms with E-state index in [1.165, 1.54) is 6.20 Å². The molecule has 1 aromatic rings. The number of carbonyl (C=O) groups excluding carboxylic acids is 1. The number of nitrogens with one attached hydrogen (secondary N) is 1. The Labute approximate surface area is 111 Å². The van der Waals surface area contributed by atoms with Gasteiger partial charge in [0.15, 0.2) is 0 Å². The second-order valence-electron chi connectivity index (χ2n) is 5.39. The lowest BCUT2D eigenvalue weighted by Gasteiger charge is -2.35. The molecule has 19 heavy (non-hydrogen) atoms. The van der Waals surface area contributed by atoms with Crippen molar-refractivity contribution in [3.05, 3.63) is 17.7 Å². The van der Waals surface area contributed by atoms with Gasteiger partial charge in [0.2, 0.25) is 0 Å². The molecule has 0 spiro atoms. The molecule has 0 bridgehead atoms. The summed E-state index contributed by atoms with van der Waals surface area (Å²) in [6, 6.07) is 0. The molecule has 2 fully saturated rings. The molecule has 1 saturated carbocycles. The topological polar surface area (TPSA) is 90.2 Å². The third-order valence-electron chi connectivity index (χ3n) is 3.94. The zero-order valence-corrected chi connectivity index (χ0v) is 10.9. The van der Waals surface area contributed by atoms with Gasteiger partial charge >= 0.3 is 5.97 Å². The molecule has 0 aromatic carbocycles. The van der Waals surface area contributed by atoms with Gasteiger partial charge in [-0.15, -0.1) is 0 Å². The van der Waals surface area contributed by atoms with Crippen LogP contribution >= 0.6 is 0 Å². The smallest absolute Gasteiger partial charge is 0.356 e. The fourth-order valence-electron chi connectivity index (χ4n) is 2.49. The summed E-state index contributed by atoms with van der Waals surface area (Å²) in [5.41, 5.74) is 6.13. The molecule has 2 aliphatic rings. The van der Waals surface area contributed by atoms with Crippen molar-refractivity contribution >= 4 is 5.97 Å². The lowest BCUT2D eigenvalue weighted by atomic mass is 9.77. The van der Waals surface area contributed by atoms with Gasteiger partial charge in [0.1, 0.15) is 18.1 Å². The normalized spacial score (nSPS) is 25.0. The Morgan fingerprint density at radius 2 is 2.42 bits per heavy atom. The molecule has 6 heteroatoms. The van der Waals surface area contributed by atoms with E-state index in [2.05, 4.69) is 9.97 Å². The first-order valence-electron chi connectivity index (χ1n) is 6.80. The van der Waals surface area contributed by atoms with E-state index in [0.717, 1.165) is 38.7 Å². The zero-order chi connectivity index (χ0) is 13.3. The predicted octanol–water partition coefficient (Wildman–Crippen LogP) is 1.08. The molecule has 2 heterocycles. The van der Waals surface area contributed by atoms with E-state index >= 15 is 0 Å². The lowest BCUT2D eigenvalue weighted by molar-refractivity contribution is 0.0156. The predicted molar refractivity (Wildman–Crippen MR) is 67.6 cm³/mol. The summed E-state index contributed by atoms with van der Waals surface area (Å²) in [4.78, 5) is 19.0. The van der Waals surface area contributed by atoms with Gasteiger partial charge in [-0.25, -0.2) is 9.78 Å². The average Bonchev–Trinajstić information content (AvgIpc) is 3.04. The van der Waals surface area contributed by atoms with Crippen LogP contribution < -0.4 is 5.73 Å². The van der Waals surface area contributed by atoms with Crippen LogP contribution in [-0.2, 0) is 15.0 Å². The number of aromatic nitrogens is 2. The highest BCUT2D eigenvalue weighted by molar-refractivity contribution is 5.87. The van der Waals surface area contributed by atoms with Crippen LogP contribution in [0.5, 0.6) is 0 Å². The van der Waals surface area contributed by atoms with E-state index in [9.17, 15) is 4.79 Å².